The van der Waals surface area contributed by atoms with E-state index in [4.69, 9.17) is 11.6 Å². The van der Waals surface area contributed by atoms with E-state index in [1.807, 2.05) is 0 Å². The maximum Gasteiger partial charge on any atom is 0.169 e. The number of hydrogen-bond donors (Lipinski definition) is 2. The monoisotopic (exact) mass is 288 g/mol. The largest absolute Gasteiger partial charge is 0.504 e. The number of H-pyrrole nitrogens is 1. The number of aromatic amines is 1. The van der Waals surface area contributed by atoms with Gasteiger partial charge in [0.25, 0.3) is 0 Å². The Kier molecular flexibility index (Phi) is 3.16. The Balaban J connectivity index is 2.04. The van der Waals surface area contributed by atoms with Gasteiger partial charge in [-0.3, -0.25) is 5.10 Å². The van der Waals surface area contributed by atoms with Crippen LogP contribution in [0.3, 0.4) is 0 Å². The van der Waals surface area contributed by atoms with Gasteiger partial charge in [0, 0.05) is 16.1 Å². The van der Waals surface area contributed by atoms with Gasteiger partial charge < -0.3 is 5.11 Å². The molecule has 0 atom stereocenters. The van der Waals surface area contributed by atoms with E-state index in [0.717, 1.165) is 5.56 Å². The van der Waals surface area contributed by atoms with Crippen LogP contribution in [0.25, 0.3) is 22.5 Å². The zero-order valence-corrected chi connectivity index (χ0v) is 11.0. The second kappa shape index (κ2) is 4.98. The van der Waals surface area contributed by atoms with Crippen LogP contribution in [0.2, 0.25) is 5.02 Å². The average molecular weight is 289 g/mol. The smallest absolute Gasteiger partial charge is 0.169 e. The van der Waals surface area contributed by atoms with Crippen molar-refractivity contribution < 1.29 is 9.50 Å². The predicted molar refractivity (Wildman–Crippen MR) is 76.1 cm³/mol. The highest BCUT2D eigenvalue weighted by atomic mass is 35.5. The first-order chi connectivity index (χ1) is 9.65. The molecular weight excluding hydrogens is 279 g/mol. The molecule has 0 saturated heterocycles. The minimum Gasteiger partial charge on any atom is -0.504 e. The fourth-order valence-electron chi connectivity index (χ4n) is 1.96. The molecule has 0 unspecified atom stereocenters. The van der Waals surface area contributed by atoms with Crippen LogP contribution in [-0.4, -0.2) is 15.3 Å². The topological polar surface area (TPSA) is 48.9 Å². The van der Waals surface area contributed by atoms with E-state index in [-0.39, 0.29) is 11.6 Å². The molecule has 5 heteroatoms. The lowest BCUT2D eigenvalue weighted by atomic mass is 10.1. The van der Waals surface area contributed by atoms with Crippen LogP contribution in [0.4, 0.5) is 4.39 Å². The molecule has 0 spiro atoms. The predicted octanol–water partition coefficient (Wildman–Crippen LogP) is 4.24. The lowest BCUT2D eigenvalue weighted by Crippen LogP contribution is -1.79. The highest BCUT2D eigenvalue weighted by Crippen LogP contribution is 2.36. The van der Waals surface area contributed by atoms with Gasteiger partial charge in [0.2, 0.25) is 0 Å². The highest BCUT2D eigenvalue weighted by Gasteiger charge is 2.15. The summed E-state index contributed by atoms with van der Waals surface area (Å²) in [5.41, 5.74) is 2.30. The van der Waals surface area contributed by atoms with Crippen LogP contribution in [-0.2, 0) is 0 Å². The molecule has 100 valence electrons. The van der Waals surface area contributed by atoms with Gasteiger partial charge in [-0.05, 0) is 36.4 Å². The van der Waals surface area contributed by atoms with E-state index in [9.17, 15) is 9.50 Å². The number of aromatic hydroxyl groups is 1. The first-order valence-corrected chi connectivity index (χ1v) is 6.32. The van der Waals surface area contributed by atoms with Crippen LogP contribution >= 0.6 is 11.6 Å². The van der Waals surface area contributed by atoms with Gasteiger partial charge in [0.05, 0.1) is 0 Å². The Labute approximate surface area is 119 Å². The molecule has 2 N–H and O–H groups in total. The van der Waals surface area contributed by atoms with E-state index in [1.165, 1.54) is 12.1 Å². The van der Waals surface area contributed by atoms with Gasteiger partial charge in [-0.1, -0.05) is 23.7 Å². The van der Waals surface area contributed by atoms with Crippen molar-refractivity contribution in [3.63, 3.8) is 0 Å². The second-order valence-corrected chi connectivity index (χ2v) is 4.75. The van der Waals surface area contributed by atoms with Crippen molar-refractivity contribution in [1.29, 1.82) is 0 Å². The highest BCUT2D eigenvalue weighted by molar-refractivity contribution is 6.30. The van der Waals surface area contributed by atoms with Gasteiger partial charge >= 0.3 is 0 Å². The molecule has 0 bridgehead atoms. The van der Waals surface area contributed by atoms with Gasteiger partial charge in [-0.25, -0.2) is 4.39 Å². The molecule has 0 radical (unpaired) electrons. The minimum atomic E-state index is -0.328. The van der Waals surface area contributed by atoms with Crippen LogP contribution in [0.1, 0.15) is 0 Å². The Hall–Kier alpha value is -2.33. The van der Waals surface area contributed by atoms with Crippen molar-refractivity contribution in [2.24, 2.45) is 0 Å². The maximum atomic E-state index is 12.9. The third-order valence-electron chi connectivity index (χ3n) is 2.99. The fraction of sp³-hybridized carbons (Fsp3) is 0. The van der Waals surface area contributed by atoms with Gasteiger partial charge in [-0.15, -0.1) is 0 Å². The molecule has 0 aliphatic carbocycles. The summed E-state index contributed by atoms with van der Waals surface area (Å²) in [6.07, 6.45) is 0. The van der Waals surface area contributed by atoms with E-state index in [1.54, 1.807) is 36.4 Å². The van der Waals surface area contributed by atoms with Crippen molar-refractivity contribution in [3.05, 3.63) is 59.4 Å². The van der Waals surface area contributed by atoms with Crippen LogP contribution in [0, 0.1) is 5.82 Å². The summed E-state index contributed by atoms with van der Waals surface area (Å²) >= 11 is 5.83. The molecule has 0 aliphatic heterocycles. The Morgan fingerprint density at radius 1 is 0.950 bits per heavy atom. The normalized spacial score (nSPS) is 10.7. The molecule has 1 heterocycles. The molecule has 0 saturated carbocycles. The number of aromatic nitrogens is 2. The number of nitrogens with one attached hydrogen (secondary N) is 1. The van der Waals surface area contributed by atoms with E-state index >= 15 is 0 Å². The summed E-state index contributed by atoms with van der Waals surface area (Å²) in [7, 11) is 0. The molecule has 2 aromatic carbocycles. The number of rotatable bonds is 2. The molecule has 0 amide bonds. The molecular formula is C15H10ClFN2O. The van der Waals surface area contributed by atoms with Crippen LogP contribution < -0.4 is 0 Å². The standard InChI is InChI=1S/C15H10ClFN2O/c16-11-5-1-9(2-6-11)13-15(20)14(19-18-13)10-3-7-12(17)8-4-10/h1-8,20H,(H,18,19). The molecule has 20 heavy (non-hydrogen) atoms. The zero-order valence-electron chi connectivity index (χ0n) is 10.3. The first kappa shape index (κ1) is 12.7. The average Bonchev–Trinajstić information content (AvgIpc) is 2.83. The third kappa shape index (κ3) is 2.26. The van der Waals surface area contributed by atoms with Gasteiger partial charge in [0.15, 0.2) is 5.75 Å². The lowest BCUT2D eigenvalue weighted by Gasteiger charge is -2.00. The maximum absolute atomic E-state index is 12.9. The summed E-state index contributed by atoms with van der Waals surface area (Å²) in [5, 5.41) is 17.7. The summed E-state index contributed by atoms with van der Waals surface area (Å²) in [4.78, 5) is 0. The van der Waals surface area contributed by atoms with Crippen LogP contribution in [0.15, 0.2) is 48.5 Å². The van der Waals surface area contributed by atoms with Crippen LogP contribution in [0.5, 0.6) is 5.75 Å². The molecule has 0 aliphatic rings. The molecule has 3 rings (SSSR count). The van der Waals surface area contributed by atoms with Crippen molar-refractivity contribution >= 4 is 11.6 Å². The third-order valence-corrected chi connectivity index (χ3v) is 3.24. The summed E-state index contributed by atoms with van der Waals surface area (Å²) < 4.78 is 12.9. The molecule has 3 nitrogen and oxygen atoms in total. The van der Waals surface area contributed by atoms with Gasteiger partial charge in [-0.2, -0.15) is 5.10 Å². The van der Waals surface area contributed by atoms with E-state index in [2.05, 4.69) is 10.2 Å². The van der Waals surface area contributed by atoms with Crippen molar-refractivity contribution in [3.8, 4) is 28.3 Å². The molecule has 1 aromatic heterocycles. The van der Waals surface area contributed by atoms with E-state index < -0.39 is 0 Å². The van der Waals surface area contributed by atoms with E-state index in [0.29, 0.717) is 22.0 Å². The number of benzene rings is 2. The van der Waals surface area contributed by atoms with Crippen molar-refractivity contribution in [2.45, 2.75) is 0 Å². The molecule has 3 aromatic rings. The lowest BCUT2D eigenvalue weighted by molar-refractivity contribution is 0.479. The molecule has 0 fully saturated rings. The number of hydrogen-bond acceptors (Lipinski definition) is 2. The number of nitrogens with zero attached hydrogens (tertiary/aromatic N) is 1. The summed E-state index contributed by atoms with van der Waals surface area (Å²) in [5.74, 6) is -0.301. The summed E-state index contributed by atoms with van der Waals surface area (Å²) in [6, 6.07) is 12.8. The zero-order chi connectivity index (χ0) is 14.1. The van der Waals surface area contributed by atoms with Crippen molar-refractivity contribution in [2.75, 3.05) is 0 Å². The minimum absolute atomic E-state index is 0.0268. The Morgan fingerprint density at radius 3 is 2.20 bits per heavy atom. The number of halogens is 2. The fourth-order valence-corrected chi connectivity index (χ4v) is 2.09. The Morgan fingerprint density at radius 2 is 1.55 bits per heavy atom. The SMILES string of the molecule is Oc1c(-c2ccc(Cl)cc2)n[nH]c1-c1ccc(F)cc1. The van der Waals surface area contributed by atoms with Crippen molar-refractivity contribution in [1.82, 2.24) is 10.2 Å². The summed E-state index contributed by atoms with van der Waals surface area (Å²) in [6.45, 7) is 0. The van der Waals surface area contributed by atoms with Gasteiger partial charge in [0.1, 0.15) is 17.2 Å². The quantitative estimate of drug-likeness (QED) is 0.741. The Bertz CT molecular complexity index is 673. The first-order valence-electron chi connectivity index (χ1n) is 5.94. The second-order valence-electron chi connectivity index (χ2n) is 4.31.